The van der Waals surface area contributed by atoms with E-state index < -0.39 is 11.7 Å². The van der Waals surface area contributed by atoms with Gasteiger partial charge >= 0.3 is 6.18 Å². The minimum absolute atomic E-state index is 0.0634. The van der Waals surface area contributed by atoms with E-state index in [1.165, 1.54) is 12.3 Å². The highest BCUT2D eigenvalue weighted by molar-refractivity contribution is 6.35. The number of hydrogen-bond acceptors (Lipinski definition) is 4. The van der Waals surface area contributed by atoms with Gasteiger partial charge in [-0.1, -0.05) is 47.5 Å². The van der Waals surface area contributed by atoms with E-state index in [2.05, 4.69) is 9.97 Å². The second-order valence-electron chi connectivity index (χ2n) is 6.58. The number of aromatic nitrogens is 2. The summed E-state index contributed by atoms with van der Waals surface area (Å²) in [5, 5.41) is 0.700. The minimum atomic E-state index is -4.44. The highest BCUT2D eigenvalue weighted by Crippen LogP contribution is 2.33. The van der Waals surface area contributed by atoms with E-state index in [0.29, 0.717) is 21.5 Å². The predicted octanol–water partition coefficient (Wildman–Crippen LogP) is 8.05. The van der Waals surface area contributed by atoms with E-state index in [0.717, 1.165) is 23.4 Å². The minimum Gasteiger partial charge on any atom is -0.439 e. The number of nitrogens with zero attached hydrogens (tertiary/aromatic N) is 2. The molecule has 0 unspecified atom stereocenters. The third kappa shape index (κ3) is 5.30. The predicted molar refractivity (Wildman–Crippen MR) is 116 cm³/mol. The number of pyridine rings is 2. The van der Waals surface area contributed by atoms with Gasteiger partial charge in [0, 0.05) is 18.5 Å². The van der Waals surface area contributed by atoms with Crippen molar-refractivity contribution in [2.45, 2.75) is 6.18 Å². The van der Waals surface area contributed by atoms with Crippen molar-refractivity contribution in [2.24, 2.45) is 0 Å². The van der Waals surface area contributed by atoms with Gasteiger partial charge < -0.3 is 9.47 Å². The first-order valence-corrected chi connectivity index (χ1v) is 9.94. The molecule has 0 fully saturated rings. The van der Waals surface area contributed by atoms with Gasteiger partial charge in [-0.25, -0.2) is 9.97 Å². The van der Waals surface area contributed by atoms with Crippen molar-refractivity contribution < 1.29 is 22.6 Å². The van der Waals surface area contributed by atoms with Crippen molar-refractivity contribution >= 4 is 23.2 Å². The second kappa shape index (κ2) is 9.06. The lowest BCUT2D eigenvalue weighted by Gasteiger charge is -2.10. The molecule has 9 heteroatoms. The lowest BCUT2D eigenvalue weighted by molar-refractivity contribution is -0.137. The number of hydrogen-bond donors (Lipinski definition) is 0. The molecule has 0 radical (unpaired) electrons. The largest absolute Gasteiger partial charge is 0.439 e. The number of rotatable bonds is 5. The molecule has 162 valence electrons. The lowest BCUT2D eigenvalue weighted by Crippen LogP contribution is -2.05. The summed E-state index contributed by atoms with van der Waals surface area (Å²) in [6, 6.07) is 18.0. The number of alkyl halides is 3. The molecular weight excluding hydrogens is 464 g/mol. The highest BCUT2D eigenvalue weighted by Gasteiger charge is 2.30. The van der Waals surface area contributed by atoms with E-state index >= 15 is 0 Å². The monoisotopic (exact) mass is 476 g/mol. The van der Waals surface area contributed by atoms with Crippen molar-refractivity contribution in [1.29, 1.82) is 0 Å². The van der Waals surface area contributed by atoms with Crippen molar-refractivity contribution in [1.82, 2.24) is 9.97 Å². The van der Waals surface area contributed by atoms with Crippen LogP contribution in [0, 0.1) is 0 Å². The molecule has 0 atom stereocenters. The SMILES string of the molecule is FC(F)(F)c1ccc(Oc2ccc(-c3cccc(Oc4ncc(Cl)cc4Cl)c3)cc2)nc1. The molecule has 0 saturated carbocycles. The van der Waals surface area contributed by atoms with Crippen molar-refractivity contribution in [3.05, 3.63) is 94.7 Å². The Morgan fingerprint density at radius 2 is 1.50 bits per heavy atom. The Kier molecular flexibility index (Phi) is 6.21. The molecule has 0 bridgehead atoms. The smallest absolute Gasteiger partial charge is 0.417 e. The maximum absolute atomic E-state index is 12.6. The first-order chi connectivity index (χ1) is 15.3. The maximum Gasteiger partial charge on any atom is 0.417 e. The topological polar surface area (TPSA) is 44.2 Å². The average molecular weight is 477 g/mol. The normalized spacial score (nSPS) is 11.3. The molecule has 4 nitrogen and oxygen atoms in total. The molecule has 0 N–H and O–H groups in total. The fourth-order valence-electron chi connectivity index (χ4n) is 2.77. The molecule has 0 aliphatic carbocycles. The van der Waals surface area contributed by atoms with Crippen LogP contribution in [0.2, 0.25) is 10.0 Å². The van der Waals surface area contributed by atoms with Gasteiger partial charge in [-0.3, -0.25) is 0 Å². The quantitative estimate of drug-likeness (QED) is 0.292. The van der Waals surface area contributed by atoms with Crippen LogP contribution in [0.25, 0.3) is 11.1 Å². The summed E-state index contributed by atoms with van der Waals surface area (Å²) >= 11 is 12.0. The lowest BCUT2D eigenvalue weighted by atomic mass is 10.1. The van der Waals surface area contributed by atoms with Gasteiger partial charge in [0.1, 0.15) is 16.5 Å². The molecule has 0 spiro atoms. The highest BCUT2D eigenvalue weighted by atomic mass is 35.5. The molecule has 4 aromatic rings. The second-order valence-corrected chi connectivity index (χ2v) is 7.42. The van der Waals surface area contributed by atoms with Gasteiger partial charge in [0.25, 0.3) is 0 Å². The Labute approximate surface area is 191 Å². The first kappa shape index (κ1) is 21.9. The summed E-state index contributed by atoms with van der Waals surface area (Å²) in [6.45, 7) is 0. The summed E-state index contributed by atoms with van der Waals surface area (Å²) in [5.74, 6) is 1.27. The van der Waals surface area contributed by atoms with Gasteiger partial charge in [-0.05, 0) is 47.5 Å². The Morgan fingerprint density at radius 1 is 0.719 bits per heavy atom. The van der Waals surface area contributed by atoms with Gasteiger partial charge in [0.2, 0.25) is 11.8 Å². The average Bonchev–Trinajstić information content (AvgIpc) is 2.76. The first-order valence-electron chi connectivity index (χ1n) is 9.18. The maximum atomic E-state index is 12.6. The number of halogens is 5. The summed E-state index contributed by atoms with van der Waals surface area (Å²) in [5.41, 5.74) is 0.905. The zero-order valence-corrected chi connectivity index (χ0v) is 17.6. The Morgan fingerprint density at radius 3 is 2.16 bits per heavy atom. The summed E-state index contributed by atoms with van der Waals surface area (Å²) < 4.78 is 49.2. The van der Waals surface area contributed by atoms with Crippen LogP contribution in [-0.4, -0.2) is 9.97 Å². The van der Waals surface area contributed by atoms with Crippen LogP contribution < -0.4 is 9.47 Å². The van der Waals surface area contributed by atoms with Crippen LogP contribution in [0.4, 0.5) is 13.2 Å². The third-order valence-corrected chi connectivity index (χ3v) is 4.77. The van der Waals surface area contributed by atoms with Crippen LogP contribution in [0.5, 0.6) is 23.3 Å². The summed E-state index contributed by atoms with van der Waals surface area (Å²) in [4.78, 5) is 7.78. The van der Waals surface area contributed by atoms with Crippen molar-refractivity contribution in [2.75, 3.05) is 0 Å². The Hall–Kier alpha value is -3.29. The summed E-state index contributed by atoms with van der Waals surface area (Å²) in [6.07, 6.45) is -2.27. The molecule has 0 saturated heterocycles. The Bertz CT molecular complexity index is 1230. The molecular formula is C23H13Cl2F3N2O2. The third-order valence-electron chi connectivity index (χ3n) is 4.30. The fourth-order valence-corrected chi connectivity index (χ4v) is 3.19. The molecule has 0 aliphatic rings. The van der Waals surface area contributed by atoms with Gasteiger partial charge in [-0.2, -0.15) is 13.2 Å². The van der Waals surface area contributed by atoms with E-state index in [1.54, 1.807) is 24.3 Å². The van der Waals surface area contributed by atoms with E-state index in [4.69, 9.17) is 32.7 Å². The Balaban J connectivity index is 1.47. The van der Waals surface area contributed by atoms with Crippen LogP contribution in [-0.2, 0) is 6.18 Å². The van der Waals surface area contributed by atoms with Crippen LogP contribution in [0.3, 0.4) is 0 Å². The number of ether oxygens (including phenoxy) is 2. The van der Waals surface area contributed by atoms with Crippen molar-refractivity contribution in [3.63, 3.8) is 0 Å². The standard InChI is InChI=1S/C23H13Cl2F3N2O2/c24-17-11-20(25)22(30-13-17)32-19-3-1-2-15(10-19)14-4-7-18(8-5-14)31-21-9-6-16(12-29-21)23(26,27)28/h1-13H. The van der Waals surface area contributed by atoms with Crippen LogP contribution >= 0.6 is 23.2 Å². The van der Waals surface area contributed by atoms with Crippen molar-refractivity contribution in [3.8, 4) is 34.4 Å². The molecule has 2 aromatic heterocycles. The van der Waals surface area contributed by atoms with E-state index in [1.807, 2.05) is 30.3 Å². The summed E-state index contributed by atoms with van der Waals surface area (Å²) in [7, 11) is 0. The molecule has 2 aromatic carbocycles. The molecule has 0 aliphatic heterocycles. The molecule has 32 heavy (non-hydrogen) atoms. The zero-order valence-electron chi connectivity index (χ0n) is 16.1. The van der Waals surface area contributed by atoms with Crippen LogP contribution in [0.15, 0.2) is 79.1 Å². The van der Waals surface area contributed by atoms with E-state index in [-0.39, 0.29) is 11.8 Å². The molecule has 2 heterocycles. The fraction of sp³-hybridized carbons (Fsp3) is 0.0435. The molecule has 4 rings (SSSR count). The van der Waals surface area contributed by atoms with Crippen LogP contribution in [0.1, 0.15) is 5.56 Å². The molecule has 0 amide bonds. The zero-order chi connectivity index (χ0) is 22.7. The van der Waals surface area contributed by atoms with Gasteiger partial charge in [-0.15, -0.1) is 0 Å². The van der Waals surface area contributed by atoms with Gasteiger partial charge in [0.15, 0.2) is 0 Å². The van der Waals surface area contributed by atoms with E-state index in [9.17, 15) is 13.2 Å². The number of benzene rings is 2. The van der Waals surface area contributed by atoms with Gasteiger partial charge in [0.05, 0.1) is 10.6 Å².